The zero-order chi connectivity index (χ0) is 27.6. The van der Waals surface area contributed by atoms with Crippen molar-refractivity contribution in [3.8, 4) is 12.3 Å². The van der Waals surface area contributed by atoms with Crippen molar-refractivity contribution in [1.82, 2.24) is 15.5 Å². The quantitative estimate of drug-likeness (QED) is 0.415. The highest BCUT2D eigenvalue weighted by Gasteiger charge is 2.36. The van der Waals surface area contributed by atoms with Crippen LogP contribution in [0.5, 0.6) is 0 Å². The number of carbonyl (C=O) groups is 3. The Labute approximate surface area is 223 Å². The summed E-state index contributed by atoms with van der Waals surface area (Å²) < 4.78 is 5.31. The highest BCUT2D eigenvalue weighted by Crippen LogP contribution is 2.28. The molecule has 7 heteroatoms. The van der Waals surface area contributed by atoms with Gasteiger partial charge in [-0.2, -0.15) is 0 Å². The molecule has 204 valence electrons. The Kier molecular flexibility index (Phi) is 11.5. The molecule has 2 N–H and O–H groups in total. The van der Waals surface area contributed by atoms with Crippen LogP contribution >= 0.6 is 0 Å². The summed E-state index contributed by atoms with van der Waals surface area (Å²) in [5.41, 5.74) is 0.709. The van der Waals surface area contributed by atoms with E-state index in [0.717, 1.165) is 38.5 Å². The minimum atomic E-state index is -0.844. The van der Waals surface area contributed by atoms with Gasteiger partial charge in [0.2, 0.25) is 11.8 Å². The number of alkyl carbamates (subject to hydrolysis) is 1. The summed E-state index contributed by atoms with van der Waals surface area (Å²) in [7, 11) is 0. The molecule has 0 aliphatic heterocycles. The zero-order valence-corrected chi connectivity index (χ0v) is 23.4. The molecule has 1 saturated carbocycles. The molecule has 0 heterocycles. The summed E-state index contributed by atoms with van der Waals surface area (Å²) in [6.07, 6.45) is 11.7. The molecule has 2 unspecified atom stereocenters. The van der Waals surface area contributed by atoms with Crippen LogP contribution in [-0.4, -0.2) is 47.0 Å². The molecule has 1 fully saturated rings. The summed E-state index contributed by atoms with van der Waals surface area (Å²) in [6.45, 7) is 11.3. The van der Waals surface area contributed by atoms with Gasteiger partial charge in [0, 0.05) is 17.6 Å². The van der Waals surface area contributed by atoms with Gasteiger partial charge in [0.15, 0.2) is 0 Å². The number of ether oxygens (including phenoxy) is 1. The highest BCUT2D eigenvalue weighted by atomic mass is 16.6. The molecule has 2 atom stereocenters. The van der Waals surface area contributed by atoms with Crippen molar-refractivity contribution < 1.29 is 19.1 Å². The lowest BCUT2D eigenvalue weighted by atomic mass is 9.94. The highest BCUT2D eigenvalue weighted by molar-refractivity contribution is 5.90. The van der Waals surface area contributed by atoms with Crippen LogP contribution in [0.2, 0.25) is 0 Å². The lowest BCUT2D eigenvalue weighted by molar-refractivity contribution is -0.143. The van der Waals surface area contributed by atoms with E-state index in [1.54, 1.807) is 37.8 Å². The van der Waals surface area contributed by atoms with Gasteiger partial charge in [-0.05, 0) is 77.0 Å². The monoisotopic (exact) mass is 511 g/mol. The third-order valence-corrected chi connectivity index (χ3v) is 6.58. The first-order valence-corrected chi connectivity index (χ1v) is 13.6. The third kappa shape index (κ3) is 10.1. The molecular weight excluding hydrogens is 466 g/mol. The van der Waals surface area contributed by atoms with Crippen molar-refractivity contribution in [2.24, 2.45) is 5.92 Å². The fraction of sp³-hybridized carbons (Fsp3) is 0.633. The van der Waals surface area contributed by atoms with Crippen LogP contribution in [0, 0.1) is 18.3 Å². The van der Waals surface area contributed by atoms with Crippen LogP contribution < -0.4 is 10.6 Å². The molecule has 7 nitrogen and oxygen atoms in total. The number of terminal acetylenes is 1. The van der Waals surface area contributed by atoms with Gasteiger partial charge in [-0.15, -0.1) is 6.42 Å². The minimum absolute atomic E-state index is 0.0940. The van der Waals surface area contributed by atoms with Gasteiger partial charge in [0.25, 0.3) is 0 Å². The van der Waals surface area contributed by atoms with E-state index in [9.17, 15) is 14.4 Å². The van der Waals surface area contributed by atoms with Gasteiger partial charge in [0.1, 0.15) is 18.2 Å². The van der Waals surface area contributed by atoms with E-state index in [4.69, 9.17) is 11.2 Å². The summed E-state index contributed by atoms with van der Waals surface area (Å²) in [5, 5.41) is 5.79. The van der Waals surface area contributed by atoms with Gasteiger partial charge in [-0.3, -0.25) is 9.59 Å². The second-order valence-electron chi connectivity index (χ2n) is 11.5. The number of hydrogen-bond acceptors (Lipinski definition) is 4. The predicted molar refractivity (Wildman–Crippen MR) is 147 cm³/mol. The number of hydrogen-bond donors (Lipinski definition) is 2. The second-order valence-corrected chi connectivity index (χ2v) is 11.5. The van der Waals surface area contributed by atoms with Crippen molar-refractivity contribution in [3.63, 3.8) is 0 Å². The smallest absolute Gasteiger partial charge is 0.408 e. The van der Waals surface area contributed by atoms with Crippen LogP contribution in [0.25, 0.3) is 0 Å². The minimum Gasteiger partial charge on any atom is -0.444 e. The van der Waals surface area contributed by atoms with Gasteiger partial charge in [-0.1, -0.05) is 51.2 Å². The maximum absolute atomic E-state index is 13.8. The fourth-order valence-corrected chi connectivity index (χ4v) is 4.64. The van der Waals surface area contributed by atoms with Crippen molar-refractivity contribution in [1.29, 1.82) is 0 Å². The van der Waals surface area contributed by atoms with E-state index in [-0.39, 0.29) is 30.4 Å². The lowest BCUT2D eigenvalue weighted by Crippen LogP contribution is -2.52. The van der Waals surface area contributed by atoms with Crippen LogP contribution in [0.1, 0.15) is 104 Å². The fourth-order valence-electron chi connectivity index (χ4n) is 4.64. The van der Waals surface area contributed by atoms with Crippen molar-refractivity contribution >= 4 is 17.9 Å². The Balaban J connectivity index is 2.38. The summed E-state index contributed by atoms with van der Waals surface area (Å²) in [6, 6.07) is 6.23. The molecule has 1 aliphatic rings. The summed E-state index contributed by atoms with van der Waals surface area (Å²) in [5.74, 6) is 2.51. The van der Waals surface area contributed by atoms with Gasteiger partial charge < -0.3 is 20.3 Å². The Bertz CT molecular complexity index is 937. The molecule has 0 bridgehead atoms. The number of carbonyl (C=O) groups excluding carboxylic acids is 3. The number of nitrogens with one attached hydrogen (secondary N) is 2. The predicted octanol–water partition coefficient (Wildman–Crippen LogP) is 5.34. The molecule has 0 radical (unpaired) electrons. The van der Waals surface area contributed by atoms with E-state index in [1.807, 2.05) is 19.1 Å². The van der Waals surface area contributed by atoms with Crippen LogP contribution in [0.3, 0.4) is 0 Å². The number of nitrogens with zero attached hydrogens (tertiary/aromatic N) is 1. The summed E-state index contributed by atoms with van der Waals surface area (Å²) >= 11 is 0. The molecular formula is C30H45N3O4. The van der Waals surface area contributed by atoms with E-state index in [0.29, 0.717) is 17.0 Å². The Morgan fingerprint density at radius 2 is 1.68 bits per heavy atom. The molecule has 0 saturated heterocycles. The third-order valence-electron chi connectivity index (χ3n) is 6.58. The topological polar surface area (TPSA) is 87.7 Å². The Morgan fingerprint density at radius 3 is 2.22 bits per heavy atom. The van der Waals surface area contributed by atoms with E-state index < -0.39 is 17.7 Å². The standard InChI is InChI=1S/C30H45N3O4/c1-8-23-16-18-24(19-17-23)27(28(35)32-25-12-10-9-11-13-25)33(22(4)15-14-21(2)3)26(34)20-31-29(36)37-30(5,6)7/h1,16-19,21-22,25,27H,9-15,20H2,2-7H3,(H,31,36)(H,32,35). The first kappa shape index (κ1) is 30.2. The molecule has 2 rings (SSSR count). The maximum atomic E-state index is 13.8. The normalized spacial score (nSPS) is 15.8. The first-order chi connectivity index (χ1) is 17.4. The van der Waals surface area contributed by atoms with Gasteiger partial charge in [-0.25, -0.2) is 4.79 Å². The molecule has 1 aliphatic carbocycles. The van der Waals surface area contributed by atoms with Crippen LogP contribution in [0.4, 0.5) is 4.79 Å². The number of rotatable bonds is 10. The molecule has 0 aromatic heterocycles. The molecule has 37 heavy (non-hydrogen) atoms. The number of amides is 3. The van der Waals surface area contributed by atoms with Gasteiger partial charge in [0.05, 0.1) is 0 Å². The maximum Gasteiger partial charge on any atom is 0.408 e. The second kappa shape index (κ2) is 14.1. The molecule has 1 aromatic carbocycles. The largest absolute Gasteiger partial charge is 0.444 e. The molecule has 3 amide bonds. The van der Waals surface area contributed by atoms with Crippen LogP contribution in [-0.2, 0) is 14.3 Å². The zero-order valence-electron chi connectivity index (χ0n) is 23.4. The van der Waals surface area contributed by atoms with E-state index in [2.05, 4.69) is 30.4 Å². The van der Waals surface area contributed by atoms with Crippen molar-refractivity contribution in [3.05, 3.63) is 35.4 Å². The molecule has 0 spiro atoms. The first-order valence-electron chi connectivity index (χ1n) is 13.6. The number of benzene rings is 1. The van der Waals surface area contributed by atoms with Crippen LogP contribution in [0.15, 0.2) is 24.3 Å². The van der Waals surface area contributed by atoms with Crippen molar-refractivity contribution in [2.75, 3.05) is 6.54 Å². The Morgan fingerprint density at radius 1 is 1.05 bits per heavy atom. The summed E-state index contributed by atoms with van der Waals surface area (Å²) in [4.78, 5) is 41.4. The average Bonchev–Trinajstić information content (AvgIpc) is 2.84. The average molecular weight is 512 g/mol. The molecule has 1 aromatic rings. The van der Waals surface area contributed by atoms with Crippen molar-refractivity contribution in [2.45, 2.75) is 110 Å². The Hall–Kier alpha value is -3.01. The lowest BCUT2D eigenvalue weighted by Gasteiger charge is -2.37. The van der Waals surface area contributed by atoms with E-state index in [1.165, 1.54) is 6.42 Å². The van der Waals surface area contributed by atoms with Gasteiger partial charge >= 0.3 is 6.09 Å². The van der Waals surface area contributed by atoms with E-state index >= 15 is 0 Å². The SMILES string of the molecule is C#Cc1ccc(C(C(=O)NC2CCCCC2)N(C(=O)CNC(=O)OC(C)(C)C)C(C)CCC(C)C)cc1.